The topological polar surface area (TPSA) is 15.3 Å². The molecule has 0 unspecified atom stereocenters. The van der Waals surface area contributed by atoms with Gasteiger partial charge in [-0.05, 0) is 19.1 Å². The van der Waals surface area contributed by atoms with Gasteiger partial charge in [0.1, 0.15) is 0 Å². The van der Waals surface area contributed by atoms with Crippen LogP contribution < -0.4 is 10.2 Å². The zero-order chi connectivity index (χ0) is 8.97. The molecule has 0 saturated carbocycles. The first kappa shape index (κ1) is 8.91. The van der Waals surface area contributed by atoms with Crippen LogP contribution in [0.2, 0.25) is 0 Å². The van der Waals surface area contributed by atoms with E-state index < -0.39 is 0 Å². The Morgan fingerprint density at radius 1 is 1.25 bits per heavy atom. The molecular formula is C10H16N2. The van der Waals surface area contributed by atoms with Gasteiger partial charge in [0.2, 0.25) is 0 Å². The highest BCUT2D eigenvalue weighted by molar-refractivity contribution is 5.69. The lowest BCUT2D eigenvalue weighted by molar-refractivity contribution is 1.12. The summed E-state index contributed by atoms with van der Waals surface area (Å²) >= 11 is 0. The third kappa shape index (κ3) is 1.91. The maximum Gasteiger partial charge on any atom is 0.0596 e. The first-order valence-corrected chi connectivity index (χ1v) is 4.26. The van der Waals surface area contributed by atoms with Crippen molar-refractivity contribution in [2.24, 2.45) is 0 Å². The van der Waals surface area contributed by atoms with Crippen molar-refractivity contribution < 1.29 is 0 Å². The van der Waals surface area contributed by atoms with Crippen LogP contribution in [0, 0.1) is 0 Å². The summed E-state index contributed by atoms with van der Waals surface area (Å²) in [6.45, 7) is 3.07. The monoisotopic (exact) mass is 164 g/mol. The molecule has 0 radical (unpaired) electrons. The molecule has 0 atom stereocenters. The number of benzene rings is 1. The van der Waals surface area contributed by atoms with Gasteiger partial charge in [-0.3, -0.25) is 0 Å². The van der Waals surface area contributed by atoms with Crippen molar-refractivity contribution in [2.75, 3.05) is 30.9 Å². The summed E-state index contributed by atoms with van der Waals surface area (Å²) in [6, 6.07) is 8.30. The van der Waals surface area contributed by atoms with Gasteiger partial charge >= 0.3 is 0 Å². The fraction of sp³-hybridized carbons (Fsp3) is 0.400. The predicted octanol–water partition coefficient (Wildman–Crippen LogP) is 2.18. The smallest absolute Gasteiger partial charge is 0.0596 e. The Bertz CT molecular complexity index is 243. The van der Waals surface area contributed by atoms with E-state index in [0.29, 0.717) is 0 Å². The summed E-state index contributed by atoms with van der Waals surface area (Å²) in [4.78, 5) is 2.11. The number of hydrogen-bond donors (Lipinski definition) is 1. The van der Waals surface area contributed by atoms with Crippen molar-refractivity contribution in [2.45, 2.75) is 6.92 Å². The van der Waals surface area contributed by atoms with Crippen molar-refractivity contribution in [1.29, 1.82) is 0 Å². The number of nitrogens with zero attached hydrogens (tertiary/aromatic N) is 1. The summed E-state index contributed by atoms with van der Waals surface area (Å²) in [7, 11) is 4.10. The Balaban J connectivity index is 2.92. The van der Waals surface area contributed by atoms with Crippen LogP contribution >= 0.6 is 0 Å². The zero-order valence-corrected chi connectivity index (χ0v) is 7.96. The van der Waals surface area contributed by atoms with Gasteiger partial charge in [-0.15, -0.1) is 0 Å². The number of nitrogens with one attached hydrogen (secondary N) is 1. The van der Waals surface area contributed by atoms with Crippen LogP contribution in [0.5, 0.6) is 0 Å². The SMILES string of the molecule is CCNc1ccccc1N(C)C. The lowest BCUT2D eigenvalue weighted by Crippen LogP contribution is -2.11. The largest absolute Gasteiger partial charge is 0.384 e. The van der Waals surface area contributed by atoms with E-state index in [1.54, 1.807) is 0 Å². The molecule has 0 bridgehead atoms. The van der Waals surface area contributed by atoms with Gasteiger partial charge in [-0.2, -0.15) is 0 Å². The second kappa shape index (κ2) is 4.00. The van der Waals surface area contributed by atoms with E-state index in [1.807, 2.05) is 6.07 Å². The summed E-state index contributed by atoms with van der Waals surface area (Å²) in [5.74, 6) is 0. The predicted molar refractivity (Wildman–Crippen MR) is 54.9 cm³/mol. The molecule has 1 rings (SSSR count). The third-order valence-corrected chi connectivity index (χ3v) is 1.75. The van der Waals surface area contributed by atoms with Crippen LogP contribution in [-0.4, -0.2) is 20.6 Å². The molecule has 0 aliphatic carbocycles. The quantitative estimate of drug-likeness (QED) is 0.736. The van der Waals surface area contributed by atoms with E-state index in [9.17, 15) is 0 Å². The van der Waals surface area contributed by atoms with Crippen molar-refractivity contribution in [1.82, 2.24) is 0 Å². The summed E-state index contributed by atoms with van der Waals surface area (Å²) in [5.41, 5.74) is 2.43. The Morgan fingerprint density at radius 2 is 1.92 bits per heavy atom. The van der Waals surface area contributed by atoms with Gasteiger partial charge in [0.25, 0.3) is 0 Å². The normalized spacial score (nSPS) is 9.58. The molecule has 0 aliphatic rings. The average Bonchev–Trinajstić information content (AvgIpc) is 2.05. The summed E-state index contributed by atoms with van der Waals surface area (Å²) < 4.78 is 0. The van der Waals surface area contributed by atoms with Gasteiger partial charge in [-0.1, -0.05) is 12.1 Å². The van der Waals surface area contributed by atoms with E-state index in [0.717, 1.165) is 6.54 Å². The molecule has 0 aromatic heterocycles. The highest BCUT2D eigenvalue weighted by Gasteiger charge is 2.00. The van der Waals surface area contributed by atoms with E-state index >= 15 is 0 Å². The maximum absolute atomic E-state index is 3.32. The summed E-state index contributed by atoms with van der Waals surface area (Å²) in [5, 5.41) is 3.32. The molecule has 12 heavy (non-hydrogen) atoms. The minimum absolute atomic E-state index is 0.963. The van der Waals surface area contributed by atoms with Gasteiger partial charge in [0.15, 0.2) is 0 Å². The van der Waals surface area contributed by atoms with Gasteiger partial charge in [0, 0.05) is 20.6 Å². The van der Waals surface area contributed by atoms with Crippen LogP contribution in [0.4, 0.5) is 11.4 Å². The number of rotatable bonds is 3. The van der Waals surface area contributed by atoms with Crippen molar-refractivity contribution in [3.63, 3.8) is 0 Å². The average molecular weight is 164 g/mol. The Kier molecular flexibility index (Phi) is 2.97. The lowest BCUT2D eigenvalue weighted by atomic mass is 10.2. The van der Waals surface area contributed by atoms with Crippen LogP contribution in [0.3, 0.4) is 0 Å². The van der Waals surface area contributed by atoms with Crippen LogP contribution in [0.25, 0.3) is 0 Å². The molecule has 1 N–H and O–H groups in total. The first-order valence-electron chi connectivity index (χ1n) is 4.26. The Labute approximate surface area is 74.2 Å². The molecule has 2 heteroatoms. The van der Waals surface area contributed by atoms with E-state index in [4.69, 9.17) is 0 Å². The van der Waals surface area contributed by atoms with Gasteiger partial charge in [0.05, 0.1) is 11.4 Å². The minimum atomic E-state index is 0.963. The van der Waals surface area contributed by atoms with Crippen molar-refractivity contribution in [3.05, 3.63) is 24.3 Å². The fourth-order valence-corrected chi connectivity index (χ4v) is 1.20. The molecule has 66 valence electrons. The van der Waals surface area contributed by atoms with Crippen LogP contribution in [-0.2, 0) is 0 Å². The third-order valence-electron chi connectivity index (χ3n) is 1.75. The van der Waals surface area contributed by atoms with E-state index in [2.05, 4.69) is 49.4 Å². The van der Waals surface area contributed by atoms with Crippen molar-refractivity contribution >= 4 is 11.4 Å². The number of hydrogen-bond acceptors (Lipinski definition) is 2. The lowest BCUT2D eigenvalue weighted by Gasteiger charge is -2.17. The zero-order valence-electron chi connectivity index (χ0n) is 7.96. The molecule has 0 fully saturated rings. The minimum Gasteiger partial charge on any atom is -0.384 e. The number of anilines is 2. The standard InChI is InChI=1S/C10H16N2/c1-4-11-9-7-5-6-8-10(9)12(2)3/h5-8,11H,4H2,1-3H3. The second-order valence-corrected chi connectivity index (χ2v) is 2.94. The van der Waals surface area contributed by atoms with Crippen LogP contribution in [0.1, 0.15) is 6.92 Å². The molecule has 2 nitrogen and oxygen atoms in total. The van der Waals surface area contributed by atoms with Crippen molar-refractivity contribution in [3.8, 4) is 0 Å². The highest BCUT2D eigenvalue weighted by Crippen LogP contribution is 2.22. The fourth-order valence-electron chi connectivity index (χ4n) is 1.20. The van der Waals surface area contributed by atoms with Gasteiger partial charge < -0.3 is 10.2 Å². The molecule has 1 aromatic rings. The Hall–Kier alpha value is -1.18. The summed E-state index contributed by atoms with van der Waals surface area (Å²) in [6.07, 6.45) is 0. The second-order valence-electron chi connectivity index (χ2n) is 2.94. The molecule has 0 amide bonds. The highest BCUT2D eigenvalue weighted by atomic mass is 15.1. The van der Waals surface area contributed by atoms with E-state index in [1.165, 1.54) is 11.4 Å². The molecule has 1 aromatic carbocycles. The van der Waals surface area contributed by atoms with E-state index in [-0.39, 0.29) is 0 Å². The molecule has 0 heterocycles. The van der Waals surface area contributed by atoms with Gasteiger partial charge in [-0.25, -0.2) is 0 Å². The molecule has 0 aliphatic heterocycles. The molecular weight excluding hydrogens is 148 g/mol. The molecule has 0 saturated heterocycles. The first-order chi connectivity index (χ1) is 5.75. The molecule has 0 spiro atoms. The van der Waals surface area contributed by atoms with Crippen LogP contribution in [0.15, 0.2) is 24.3 Å². The maximum atomic E-state index is 3.32. The number of para-hydroxylation sites is 2. The Morgan fingerprint density at radius 3 is 2.50 bits per heavy atom.